The summed E-state index contributed by atoms with van der Waals surface area (Å²) in [4.78, 5) is 25.3. The Morgan fingerprint density at radius 2 is 2.07 bits per heavy atom. The van der Waals surface area contributed by atoms with Crippen molar-refractivity contribution in [2.75, 3.05) is 12.4 Å². The largest absolute Gasteiger partial charge is 0.465 e. The van der Waals surface area contributed by atoms with Crippen LogP contribution in [0.5, 0.6) is 0 Å². The summed E-state index contributed by atoms with van der Waals surface area (Å²) >= 11 is 1.71. The van der Waals surface area contributed by atoms with Crippen LogP contribution in [-0.2, 0) is 11.3 Å². The molecule has 1 N–H and O–H groups in total. The highest BCUT2D eigenvalue weighted by Gasteiger charge is 2.15. The first-order chi connectivity index (χ1) is 14.7. The minimum atomic E-state index is -0.410. The number of hydrogen-bond donors (Lipinski definition) is 1. The molecule has 0 bridgehead atoms. The molecule has 1 aromatic carbocycles. The van der Waals surface area contributed by atoms with Crippen LogP contribution >= 0.6 is 11.3 Å². The first kappa shape index (κ1) is 19.0. The predicted octanol–water partition coefficient (Wildman–Crippen LogP) is 4.62. The molecule has 0 radical (unpaired) electrons. The molecule has 1 aliphatic rings. The third-order valence-corrected chi connectivity index (χ3v) is 6.56. The fourth-order valence-corrected chi connectivity index (χ4v) is 5.05. The average Bonchev–Trinajstić information content (AvgIpc) is 3.36. The third-order valence-electron chi connectivity index (χ3n) is 5.62. The van der Waals surface area contributed by atoms with Gasteiger partial charge in [-0.15, -0.1) is 0 Å². The fourth-order valence-electron chi connectivity index (χ4n) is 4.04. The number of carbonyl (C=O) groups excluding carboxylic acids is 1. The number of methoxy groups -OCH3 is 1. The molecule has 3 aromatic heterocycles. The molecule has 0 saturated heterocycles. The Balaban J connectivity index is 1.36. The van der Waals surface area contributed by atoms with Crippen LogP contribution in [0.1, 0.15) is 48.0 Å². The van der Waals surface area contributed by atoms with E-state index in [2.05, 4.69) is 33.5 Å². The lowest BCUT2D eigenvalue weighted by Crippen LogP contribution is -2.21. The smallest absolute Gasteiger partial charge is 0.339 e. The molecular weight excluding hydrogens is 398 g/mol. The summed E-state index contributed by atoms with van der Waals surface area (Å²) in [6.45, 7) is 0.653. The lowest BCUT2D eigenvalue weighted by atomic mass is 9.96. The number of thiazole rings is 1. The predicted molar refractivity (Wildman–Crippen MR) is 118 cm³/mol. The van der Waals surface area contributed by atoms with E-state index in [0.29, 0.717) is 23.7 Å². The van der Waals surface area contributed by atoms with Crippen molar-refractivity contribution >= 4 is 43.8 Å². The van der Waals surface area contributed by atoms with Crippen molar-refractivity contribution < 1.29 is 9.53 Å². The molecule has 1 aliphatic carbocycles. The van der Waals surface area contributed by atoms with Gasteiger partial charge in [-0.3, -0.25) is 0 Å². The molecule has 1 saturated carbocycles. The van der Waals surface area contributed by atoms with Crippen molar-refractivity contribution in [1.82, 2.24) is 19.5 Å². The minimum Gasteiger partial charge on any atom is -0.465 e. The zero-order valence-electron chi connectivity index (χ0n) is 16.8. The Morgan fingerprint density at radius 3 is 2.90 bits per heavy atom. The van der Waals surface area contributed by atoms with Gasteiger partial charge in [-0.05, 0) is 36.6 Å². The summed E-state index contributed by atoms with van der Waals surface area (Å²) in [6, 6.07) is 8.63. The van der Waals surface area contributed by atoms with Crippen LogP contribution in [0, 0.1) is 0 Å². The van der Waals surface area contributed by atoms with Gasteiger partial charge in [0.1, 0.15) is 5.52 Å². The minimum absolute atomic E-state index is 0.402. The molecule has 30 heavy (non-hydrogen) atoms. The maximum absolute atomic E-state index is 11.7. The lowest BCUT2D eigenvalue weighted by Gasteiger charge is -2.22. The summed E-state index contributed by atoms with van der Waals surface area (Å²) in [7, 11) is 1.36. The topological polar surface area (TPSA) is 81.9 Å². The normalized spacial score (nSPS) is 15.0. The summed E-state index contributed by atoms with van der Waals surface area (Å²) in [5, 5.41) is 4.64. The van der Waals surface area contributed by atoms with E-state index in [1.807, 2.05) is 4.57 Å². The number of hydrogen-bond acceptors (Lipinski definition) is 7. The Labute approximate surface area is 178 Å². The van der Waals surface area contributed by atoms with E-state index in [4.69, 9.17) is 9.72 Å². The second kappa shape index (κ2) is 8.02. The van der Waals surface area contributed by atoms with Crippen LogP contribution < -0.4 is 5.32 Å². The van der Waals surface area contributed by atoms with Crippen LogP contribution in [0.25, 0.3) is 21.4 Å². The number of anilines is 1. The van der Waals surface area contributed by atoms with E-state index in [9.17, 15) is 4.79 Å². The monoisotopic (exact) mass is 421 g/mol. The summed E-state index contributed by atoms with van der Waals surface area (Å²) in [6.07, 6.45) is 9.72. The summed E-state index contributed by atoms with van der Waals surface area (Å²) in [5.74, 6) is -0.410. The molecule has 5 rings (SSSR count). The lowest BCUT2D eigenvalue weighted by molar-refractivity contribution is 0.0600. The van der Waals surface area contributed by atoms with Crippen molar-refractivity contribution in [3.63, 3.8) is 0 Å². The number of carbonyl (C=O) groups is 1. The van der Waals surface area contributed by atoms with Crippen LogP contribution in [-0.4, -0.2) is 38.6 Å². The van der Waals surface area contributed by atoms with Gasteiger partial charge in [0.2, 0.25) is 0 Å². The van der Waals surface area contributed by atoms with E-state index in [1.165, 1.54) is 50.1 Å². The van der Waals surface area contributed by atoms with Crippen LogP contribution in [0.3, 0.4) is 0 Å². The average molecular weight is 422 g/mol. The number of ether oxygens (including phenoxy) is 1. The quantitative estimate of drug-likeness (QED) is 0.474. The first-order valence-corrected chi connectivity index (χ1v) is 11.1. The van der Waals surface area contributed by atoms with Crippen molar-refractivity contribution in [2.24, 2.45) is 0 Å². The molecule has 7 nitrogen and oxygen atoms in total. The second-order valence-electron chi connectivity index (χ2n) is 7.73. The third kappa shape index (κ3) is 3.75. The van der Waals surface area contributed by atoms with Crippen molar-refractivity contribution in [3.8, 4) is 0 Å². The molecule has 154 valence electrons. The molecule has 0 unspecified atom stereocenters. The SMILES string of the molecule is COC(=O)c1cnc2c(c1)ncn2Cc1ccc2nc(NC3CCCCC3)sc2c1. The summed E-state index contributed by atoms with van der Waals surface area (Å²) < 4.78 is 7.92. The fraction of sp³-hybridized carbons (Fsp3) is 0.364. The van der Waals surface area contributed by atoms with Gasteiger partial charge in [-0.1, -0.05) is 36.7 Å². The number of fused-ring (bicyclic) bond motifs is 2. The highest BCUT2D eigenvalue weighted by molar-refractivity contribution is 7.22. The van der Waals surface area contributed by atoms with Crippen molar-refractivity contribution in [1.29, 1.82) is 0 Å². The van der Waals surface area contributed by atoms with Crippen molar-refractivity contribution in [2.45, 2.75) is 44.7 Å². The number of imidazole rings is 1. The Kier molecular flexibility index (Phi) is 5.08. The Bertz CT molecular complexity index is 1210. The van der Waals surface area contributed by atoms with Crippen LogP contribution in [0.2, 0.25) is 0 Å². The van der Waals surface area contributed by atoms with E-state index in [1.54, 1.807) is 23.7 Å². The highest BCUT2D eigenvalue weighted by Crippen LogP contribution is 2.30. The zero-order chi connectivity index (χ0) is 20.5. The molecule has 0 amide bonds. The Hall–Kier alpha value is -3.00. The number of benzene rings is 1. The first-order valence-electron chi connectivity index (χ1n) is 10.2. The van der Waals surface area contributed by atoms with E-state index in [-0.39, 0.29) is 0 Å². The van der Waals surface area contributed by atoms with Crippen LogP contribution in [0.4, 0.5) is 5.13 Å². The number of nitrogens with one attached hydrogen (secondary N) is 1. The van der Waals surface area contributed by atoms with Crippen molar-refractivity contribution in [3.05, 3.63) is 47.9 Å². The number of aromatic nitrogens is 4. The van der Waals surface area contributed by atoms with Crippen LogP contribution in [0.15, 0.2) is 36.8 Å². The maximum Gasteiger partial charge on any atom is 0.339 e. The van der Waals surface area contributed by atoms with Gasteiger partial charge in [-0.2, -0.15) is 0 Å². The standard InChI is InChI=1S/C22H23N5O2S/c1-29-21(28)15-10-18-20(23-11-15)27(13-24-18)12-14-7-8-17-19(9-14)30-22(26-17)25-16-5-3-2-4-6-16/h7-11,13,16H,2-6,12H2,1H3,(H,25,26). The summed E-state index contributed by atoms with van der Waals surface area (Å²) in [5.41, 5.74) is 4.01. The van der Waals surface area contributed by atoms with E-state index in [0.717, 1.165) is 21.9 Å². The number of esters is 1. The van der Waals surface area contributed by atoms with Gasteiger partial charge >= 0.3 is 5.97 Å². The Morgan fingerprint density at radius 1 is 1.20 bits per heavy atom. The molecule has 0 aliphatic heterocycles. The molecule has 8 heteroatoms. The number of nitrogens with zero attached hydrogens (tertiary/aromatic N) is 4. The number of rotatable bonds is 5. The second-order valence-corrected chi connectivity index (χ2v) is 8.76. The van der Waals surface area contributed by atoms with Gasteiger partial charge in [0.15, 0.2) is 10.8 Å². The van der Waals surface area contributed by atoms with E-state index < -0.39 is 5.97 Å². The van der Waals surface area contributed by atoms with Gasteiger partial charge < -0.3 is 14.6 Å². The highest BCUT2D eigenvalue weighted by atomic mass is 32.1. The zero-order valence-corrected chi connectivity index (χ0v) is 17.6. The van der Waals surface area contributed by atoms with Gasteiger partial charge in [0.05, 0.1) is 35.8 Å². The molecular formula is C22H23N5O2S. The molecule has 0 spiro atoms. The maximum atomic E-state index is 11.7. The molecule has 3 heterocycles. The molecule has 4 aromatic rings. The van der Waals surface area contributed by atoms with Gasteiger partial charge in [-0.25, -0.2) is 19.7 Å². The molecule has 1 fully saturated rings. The number of pyridine rings is 1. The van der Waals surface area contributed by atoms with E-state index >= 15 is 0 Å². The molecule has 0 atom stereocenters. The van der Waals surface area contributed by atoms with Gasteiger partial charge in [0.25, 0.3) is 0 Å². The van der Waals surface area contributed by atoms with Gasteiger partial charge in [0, 0.05) is 12.2 Å².